The highest BCUT2D eigenvalue weighted by Crippen LogP contribution is 2.45. The second-order valence-corrected chi connectivity index (χ2v) is 8.92. The molecule has 0 amide bonds. The fourth-order valence-electron chi connectivity index (χ4n) is 4.14. The Labute approximate surface area is 182 Å². The predicted octanol–water partition coefficient (Wildman–Crippen LogP) is 4.79. The molecule has 31 heavy (non-hydrogen) atoms. The molecule has 1 aliphatic rings. The second-order valence-electron chi connectivity index (χ2n) is 8.49. The van der Waals surface area contributed by atoms with E-state index in [2.05, 4.69) is 10.3 Å². The second kappa shape index (κ2) is 7.69. The Morgan fingerprint density at radius 2 is 2.03 bits per heavy atom. The zero-order chi connectivity index (χ0) is 22.4. The van der Waals surface area contributed by atoms with E-state index in [-0.39, 0.29) is 6.67 Å². The lowest BCUT2D eigenvalue weighted by Crippen LogP contribution is -2.59. The van der Waals surface area contributed by atoms with Crippen LogP contribution in [0.5, 0.6) is 5.75 Å². The Kier molecular flexibility index (Phi) is 5.44. The van der Waals surface area contributed by atoms with E-state index in [0.717, 1.165) is 5.56 Å². The summed E-state index contributed by atoms with van der Waals surface area (Å²) in [6, 6.07) is 8.56. The minimum absolute atomic E-state index is 0.245. The van der Waals surface area contributed by atoms with Gasteiger partial charge in [-0.25, -0.2) is 0 Å². The van der Waals surface area contributed by atoms with Gasteiger partial charge in [0.15, 0.2) is 0 Å². The van der Waals surface area contributed by atoms with Crippen LogP contribution in [-0.2, 0) is 18.5 Å². The van der Waals surface area contributed by atoms with Crippen molar-refractivity contribution in [1.29, 1.82) is 0 Å². The normalized spacial score (nSPS) is 16.2. The van der Waals surface area contributed by atoms with Gasteiger partial charge >= 0.3 is 6.18 Å². The zero-order valence-electron chi connectivity index (χ0n) is 17.1. The van der Waals surface area contributed by atoms with Crippen molar-refractivity contribution in [3.63, 3.8) is 0 Å². The first-order valence-electron chi connectivity index (χ1n) is 9.90. The van der Waals surface area contributed by atoms with E-state index in [4.69, 9.17) is 16.3 Å². The van der Waals surface area contributed by atoms with Crippen molar-refractivity contribution in [2.45, 2.75) is 50.7 Å². The van der Waals surface area contributed by atoms with Crippen LogP contribution in [0.4, 0.5) is 13.2 Å². The fourth-order valence-corrected chi connectivity index (χ4v) is 4.39. The number of hydrogen-bond acceptors (Lipinski definition) is 4. The van der Waals surface area contributed by atoms with Gasteiger partial charge in [-0.1, -0.05) is 25.4 Å². The average Bonchev–Trinajstić information content (AvgIpc) is 3.31. The van der Waals surface area contributed by atoms with Gasteiger partial charge in [0, 0.05) is 35.8 Å². The average molecular weight is 454 g/mol. The van der Waals surface area contributed by atoms with E-state index in [1.165, 1.54) is 0 Å². The number of nitrogens with one attached hydrogen (secondary N) is 1. The minimum Gasteiger partial charge on any atom is -0.493 e. The highest BCUT2D eigenvalue weighted by atomic mass is 35.5. The molecule has 2 N–H and O–H groups in total. The first-order valence-corrected chi connectivity index (χ1v) is 10.3. The number of halogens is 4. The molecule has 1 unspecified atom stereocenters. The van der Waals surface area contributed by atoms with Crippen LogP contribution in [0.2, 0.25) is 5.02 Å². The number of ether oxygens (including phenoxy) is 1. The van der Waals surface area contributed by atoms with Crippen LogP contribution in [0, 0.1) is 0 Å². The number of hydrogen-bond donors (Lipinski definition) is 2. The van der Waals surface area contributed by atoms with Crippen LogP contribution >= 0.6 is 11.6 Å². The van der Waals surface area contributed by atoms with Gasteiger partial charge in [-0.05, 0) is 41.3 Å². The number of aromatic nitrogens is 2. The molecule has 3 heterocycles. The van der Waals surface area contributed by atoms with Crippen molar-refractivity contribution in [3.05, 3.63) is 58.9 Å². The molecule has 0 fully saturated rings. The monoisotopic (exact) mass is 453 g/mol. The maximum atomic E-state index is 14.1. The maximum Gasteiger partial charge on any atom is 0.431 e. The highest BCUT2D eigenvalue weighted by molar-refractivity contribution is 6.30. The van der Waals surface area contributed by atoms with Gasteiger partial charge in [0.1, 0.15) is 5.75 Å². The van der Waals surface area contributed by atoms with Crippen molar-refractivity contribution in [2.75, 3.05) is 6.61 Å². The van der Waals surface area contributed by atoms with Gasteiger partial charge in [-0.15, -0.1) is 0 Å². The fraction of sp³-hybridized carbons (Fsp3) is 0.409. The van der Waals surface area contributed by atoms with E-state index in [1.54, 1.807) is 61.1 Å². The maximum absolute atomic E-state index is 14.1. The largest absolute Gasteiger partial charge is 0.493 e. The van der Waals surface area contributed by atoms with Crippen molar-refractivity contribution in [3.8, 4) is 5.75 Å². The van der Waals surface area contributed by atoms with Gasteiger partial charge in [0.2, 0.25) is 5.72 Å². The third-order valence-electron chi connectivity index (χ3n) is 5.72. The summed E-state index contributed by atoms with van der Waals surface area (Å²) in [5, 5.41) is 13.6. The summed E-state index contributed by atoms with van der Waals surface area (Å²) >= 11 is 6.21. The molecule has 1 aromatic carbocycles. The summed E-state index contributed by atoms with van der Waals surface area (Å²) in [6.45, 7) is 3.50. The first kappa shape index (κ1) is 21.9. The molecular formula is C22H23ClF3N3O2. The summed E-state index contributed by atoms with van der Waals surface area (Å²) in [5.74, 6) is 0.557. The Morgan fingerprint density at radius 3 is 2.77 bits per heavy atom. The lowest BCUT2D eigenvalue weighted by Gasteiger charge is -2.39. The van der Waals surface area contributed by atoms with Crippen molar-refractivity contribution in [2.24, 2.45) is 0 Å². The summed E-state index contributed by atoms with van der Waals surface area (Å²) in [4.78, 5) is 4.18. The third-order valence-corrected chi connectivity index (χ3v) is 5.94. The molecule has 1 aliphatic heterocycles. The smallest absolute Gasteiger partial charge is 0.431 e. The molecule has 2 aromatic heterocycles. The number of rotatable bonds is 6. The van der Waals surface area contributed by atoms with Crippen LogP contribution in [0.3, 0.4) is 0 Å². The summed E-state index contributed by atoms with van der Waals surface area (Å²) in [5.41, 5.74) is -1.48. The molecule has 0 saturated heterocycles. The van der Waals surface area contributed by atoms with E-state index in [9.17, 15) is 18.3 Å². The molecule has 3 aromatic rings. The summed E-state index contributed by atoms with van der Waals surface area (Å²) in [6.07, 6.45) is -1.65. The number of aliphatic hydroxyl groups is 1. The zero-order valence-corrected chi connectivity index (χ0v) is 17.9. The molecule has 0 radical (unpaired) electrons. The molecule has 9 heteroatoms. The number of pyridine rings is 1. The number of fused-ring (bicyclic) bond motifs is 2. The van der Waals surface area contributed by atoms with Crippen molar-refractivity contribution in [1.82, 2.24) is 14.9 Å². The van der Waals surface area contributed by atoms with Crippen molar-refractivity contribution >= 4 is 22.6 Å². The molecule has 4 rings (SSSR count). The molecule has 0 bridgehead atoms. The lowest BCUT2D eigenvalue weighted by molar-refractivity contribution is -0.281. The Hall–Kier alpha value is -2.29. The Bertz CT molecular complexity index is 1110. The lowest BCUT2D eigenvalue weighted by atomic mass is 9.76. The van der Waals surface area contributed by atoms with Crippen LogP contribution in [-0.4, -0.2) is 33.2 Å². The van der Waals surface area contributed by atoms with Gasteiger partial charge in [-0.3, -0.25) is 10.3 Å². The van der Waals surface area contributed by atoms with Crippen LogP contribution in [0.25, 0.3) is 11.0 Å². The summed E-state index contributed by atoms with van der Waals surface area (Å²) in [7, 11) is 0. The van der Waals surface area contributed by atoms with Crippen LogP contribution < -0.4 is 10.1 Å². The Morgan fingerprint density at radius 1 is 1.26 bits per heavy atom. The van der Waals surface area contributed by atoms with Gasteiger partial charge in [-0.2, -0.15) is 13.2 Å². The van der Waals surface area contributed by atoms with E-state index in [1.807, 2.05) is 0 Å². The van der Waals surface area contributed by atoms with Crippen molar-refractivity contribution < 1.29 is 23.0 Å². The van der Waals surface area contributed by atoms with Crippen LogP contribution in [0.15, 0.2) is 42.7 Å². The summed E-state index contributed by atoms with van der Waals surface area (Å²) < 4.78 is 49.4. The van der Waals surface area contributed by atoms with Gasteiger partial charge < -0.3 is 14.4 Å². The molecule has 5 nitrogen and oxygen atoms in total. The van der Waals surface area contributed by atoms with E-state index >= 15 is 0 Å². The highest BCUT2D eigenvalue weighted by Gasteiger charge is 2.56. The topological polar surface area (TPSA) is 59.3 Å². The quantitative estimate of drug-likeness (QED) is 0.527. The first-order chi connectivity index (χ1) is 14.5. The predicted molar refractivity (Wildman–Crippen MR) is 112 cm³/mol. The van der Waals surface area contributed by atoms with Crippen LogP contribution in [0.1, 0.15) is 31.4 Å². The number of nitrogens with zero attached hydrogens (tertiary/aromatic N) is 2. The molecular weight excluding hydrogens is 431 g/mol. The van der Waals surface area contributed by atoms with E-state index in [0.29, 0.717) is 40.4 Å². The van der Waals surface area contributed by atoms with Gasteiger partial charge in [0.05, 0.1) is 24.3 Å². The molecule has 0 spiro atoms. The van der Waals surface area contributed by atoms with E-state index < -0.39 is 23.7 Å². The Balaban J connectivity index is 1.63. The SMILES string of the molecule is CC(C)(CC(O)(NCn1ccc2ncccc21)C(F)(F)F)c1cc(Cl)cc2c1OCC2. The molecule has 0 aliphatic carbocycles. The molecule has 0 saturated carbocycles. The molecule has 1 atom stereocenters. The third kappa shape index (κ3) is 4.12. The number of alkyl halides is 3. The minimum atomic E-state index is -4.91. The molecule has 166 valence electrons. The number of benzene rings is 1. The standard InChI is InChI=1S/C22H23ClF3N3O2/c1-20(2,16-11-15(23)10-14-6-9-31-19(14)16)12-21(30,22(24,25)26)28-13-29-8-5-17-18(29)4-3-7-27-17/h3-5,7-8,10-11,28,30H,6,9,12-13H2,1-2H3. The van der Waals surface area contributed by atoms with Gasteiger partial charge in [0.25, 0.3) is 0 Å².